The molecule has 1 aliphatic rings. The van der Waals surface area contributed by atoms with E-state index in [1.54, 1.807) is 11.0 Å². The summed E-state index contributed by atoms with van der Waals surface area (Å²) in [4.78, 5) is 25.0. The van der Waals surface area contributed by atoms with Gasteiger partial charge < -0.3 is 15.0 Å². The second-order valence-electron chi connectivity index (χ2n) is 4.33. The Labute approximate surface area is 122 Å². The lowest BCUT2D eigenvalue weighted by Crippen LogP contribution is -2.27. The maximum atomic E-state index is 11.9. The third kappa shape index (κ3) is 3.90. The number of hydrogen-bond acceptors (Lipinski definition) is 4. The fourth-order valence-corrected chi connectivity index (χ4v) is 2.78. The number of amides is 2. The molecule has 1 aromatic rings. The van der Waals surface area contributed by atoms with Crippen molar-refractivity contribution in [3.8, 4) is 5.75 Å². The lowest BCUT2D eigenvalue weighted by atomic mass is 10.2. The van der Waals surface area contributed by atoms with E-state index in [1.807, 2.05) is 25.1 Å². The van der Waals surface area contributed by atoms with Gasteiger partial charge in [0.1, 0.15) is 5.75 Å². The summed E-state index contributed by atoms with van der Waals surface area (Å²) >= 11 is 1.31. The number of hydrogen-bond donors (Lipinski definition) is 1. The zero-order chi connectivity index (χ0) is 14.4. The molecule has 0 aromatic heterocycles. The molecule has 0 atom stereocenters. The first-order valence-electron chi connectivity index (χ1n) is 6.64. The molecular weight excluding hydrogens is 276 g/mol. The van der Waals surface area contributed by atoms with Crippen molar-refractivity contribution >= 4 is 28.6 Å². The summed E-state index contributed by atoms with van der Waals surface area (Å²) in [6, 6.07) is 7.33. The number of benzene rings is 1. The maximum absolute atomic E-state index is 11.9. The van der Waals surface area contributed by atoms with Gasteiger partial charge in [-0.25, -0.2) is 0 Å². The fourth-order valence-electron chi connectivity index (χ4n) is 1.93. The summed E-state index contributed by atoms with van der Waals surface area (Å²) in [5, 5.41) is 2.89. The number of anilines is 1. The fraction of sp³-hybridized carbons (Fsp3) is 0.429. The van der Waals surface area contributed by atoms with Crippen LogP contribution in [0, 0.1) is 0 Å². The Morgan fingerprint density at radius 2 is 2.25 bits per heavy atom. The molecule has 0 saturated carbocycles. The summed E-state index contributed by atoms with van der Waals surface area (Å²) < 4.78 is 5.45. The van der Waals surface area contributed by atoms with E-state index in [0.29, 0.717) is 31.0 Å². The van der Waals surface area contributed by atoms with Gasteiger partial charge in [-0.05, 0) is 19.1 Å². The van der Waals surface area contributed by atoms with Crippen LogP contribution in [-0.2, 0) is 4.79 Å². The Hall–Kier alpha value is -1.69. The first-order valence-corrected chi connectivity index (χ1v) is 7.62. The maximum Gasteiger partial charge on any atom is 0.281 e. The van der Waals surface area contributed by atoms with Crippen LogP contribution in [0.1, 0.15) is 13.3 Å². The minimum absolute atomic E-state index is 0.0625. The van der Waals surface area contributed by atoms with E-state index in [-0.39, 0.29) is 11.1 Å². The smallest absolute Gasteiger partial charge is 0.281 e. The number of nitrogens with zero attached hydrogens (tertiary/aromatic N) is 1. The van der Waals surface area contributed by atoms with Crippen molar-refractivity contribution in [2.45, 2.75) is 13.3 Å². The first-order chi connectivity index (χ1) is 9.70. The van der Waals surface area contributed by atoms with E-state index >= 15 is 0 Å². The molecular formula is C14H18N2O3S. The van der Waals surface area contributed by atoms with Crippen molar-refractivity contribution in [1.82, 2.24) is 4.90 Å². The van der Waals surface area contributed by atoms with Crippen molar-refractivity contribution in [3.63, 3.8) is 0 Å². The Morgan fingerprint density at radius 3 is 2.95 bits per heavy atom. The molecule has 1 fully saturated rings. The molecule has 1 heterocycles. The van der Waals surface area contributed by atoms with Crippen LogP contribution in [-0.4, -0.2) is 41.5 Å². The van der Waals surface area contributed by atoms with Crippen LogP contribution in [0.3, 0.4) is 0 Å². The molecule has 108 valence electrons. The van der Waals surface area contributed by atoms with Gasteiger partial charge in [0.25, 0.3) is 5.24 Å². The summed E-state index contributed by atoms with van der Waals surface area (Å²) in [5.74, 6) is 1.37. The third-order valence-corrected chi connectivity index (χ3v) is 3.81. The summed E-state index contributed by atoms with van der Waals surface area (Å²) in [6.45, 7) is 3.64. The molecule has 0 radical (unpaired) electrons. The van der Waals surface area contributed by atoms with E-state index in [9.17, 15) is 9.59 Å². The molecule has 20 heavy (non-hydrogen) atoms. The highest BCUT2D eigenvalue weighted by Gasteiger charge is 2.21. The SMILES string of the molecule is CCOc1ccccc1NC(=O)CCN1CCSC1=O. The average molecular weight is 294 g/mol. The Bertz CT molecular complexity index is 493. The number of para-hydroxylation sites is 2. The van der Waals surface area contributed by atoms with Crippen molar-refractivity contribution in [1.29, 1.82) is 0 Å². The molecule has 1 saturated heterocycles. The topological polar surface area (TPSA) is 58.6 Å². The second kappa shape index (κ2) is 7.19. The number of ether oxygens (including phenoxy) is 1. The van der Waals surface area contributed by atoms with Gasteiger partial charge in [-0.2, -0.15) is 0 Å². The van der Waals surface area contributed by atoms with Gasteiger partial charge in [0.2, 0.25) is 5.91 Å². The quantitative estimate of drug-likeness (QED) is 0.876. The van der Waals surface area contributed by atoms with Gasteiger partial charge in [-0.3, -0.25) is 9.59 Å². The number of carbonyl (C=O) groups is 2. The third-order valence-electron chi connectivity index (χ3n) is 2.91. The summed E-state index contributed by atoms with van der Waals surface area (Å²) in [6.07, 6.45) is 0.298. The zero-order valence-corrected chi connectivity index (χ0v) is 12.2. The van der Waals surface area contributed by atoms with Gasteiger partial charge in [0, 0.05) is 25.3 Å². The van der Waals surface area contributed by atoms with E-state index in [4.69, 9.17) is 4.74 Å². The minimum atomic E-state index is -0.109. The van der Waals surface area contributed by atoms with Crippen LogP contribution in [0.25, 0.3) is 0 Å². The van der Waals surface area contributed by atoms with Gasteiger partial charge in [-0.15, -0.1) is 0 Å². The van der Waals surface area contributed by atoms with E-state index in [0.717, 1.165) is 12.3 Å². The molecule has 1 N–H and O–H groups in total. The number of rotatable bonds is 6. The average Bonchev–Trinajstić information content (AvgIpc) is 2.84. The second-order valence-corrected chi connectivity index (χ2v) is 5.37. The predicted octanol–water partition coefficient (Wildman–Crippen LogP) is 2.58. The van der Waals surface area contributed by atoms with E-state index < -0.39 is 0 Å². The Kier molecular flexibility index (Phi) is 5.29. The molecule has 0 unspecified atom stereocenters. The number of thioether (sulfide) groups is 1. The Morgan fingerprint density at radius 1 is 1.45 bits per heavy atom. The lowest BCUT2D eigenvalue weighted by Gasteiger charge is -2.15. The molecule has 2 amide bonds. The van der Waals surface area contributed by atoms with Gasteiger partial charge >= 0.3 is 0 Å². The lowest BCUT2D eigenvalue weighted by molar-refractivity contribution is -0.116. The normalized spacial score (nSPS) is 14.4. The number of carbonyl (C=O) groups excluding carboxylic acids is 2. The molecule has 2 rings (SSSR count). The van der Waals surface area contributed by atoms with Crippen LogP contribution < -0.4 is 10.1 Å². The van der Waals surface area contributed by atoms with Crippen molar-refractivity contribution < 1.29 is 14.3 Å². The van der Waals surface area contributed by atoms with Crippen LogP contribution >= 0.6 is 11.8 Å². The molecule has 5 nitrogen and oxygen atoms in total. The zero-order valence-electron chi connectivity index (χ0n) is 11.4. The van der Waals surface area contributed by atoms with E-state index in [1.165, 1.54) is 11.8 Å². The highest BCUT2D eigenvalue weighted by Crippen LogP contribution is 2.24. The molecule has 1 aliphatic heterocycles. The summed E-state index contributed by atoms with van der Waals surface area (Å²) in [5.41, 5.74) is 0.668. The summed E-state index contributed by atoms with van der Waals surface area (Å²) in [7, 11) is 0. The standard InChI is InChI=1S/C14H18N2O3S/c1-2-19-12-6-4-3-5-11(12)15-13(17)7-8-16-9-10-20-14(16)18/h3-6H,2,7-10H2,1H3,(H,15,17). The molecule has 0 bridgehead atoms. The van der Waals surface area contributed by atoms with Gasteiger partial charge in [0.05, 0.1) is 12.3 Å². The van der Waals surface area contributed by atoms with Crippen LogP contribution in [0.2, 0.25) is 0 Å². The largest absolute Gasteiger partial charge is 0.492 e. The first kappa shape index (κ1) is 14.7. The minimum Gasteiger partial charge on any atom is -0.492 e. The predicted molar refractivity (Wildman–Crippen MR) is 80.3 cm³/mol. The van der Waals surface area contributed by atoms with Crippen molar-refractivity contribution in [2.75, 3.05) is 30.8 Å². The van der Waals surface area contributed by atoms with Crippen LogP contribution in [0.4, 0.5) is 10.5 Å². The van der Waals surface area contributed by atoms with Crippen molar-refractivity contribution in [3.05, 3.63) is 24.3 Å². The molecule has 0 spiro atoms. The Balaban J connectivity index is 1.86. The van der Waals surface area contributed by atoms with Crippen LogP contribution in [0.5, 0.6) is 5.75 Å². The van der Waals surface area contributed by atoms with Gasteiger partial charge in [0.15, 0.2) is 0 Å². The highest BCUT2D eigenvalue weighted by molar-refractivity contribution is 8.13. The van der Waals surface area contributed by atoms with Gasteiger partial charge in [-0.1, -0.05) is 23.9 Å². The molecule has 6 heteroatoms. The number of nitrogens with one attached hydrogen (secondary N) is 1. The molecule has 0 aliphatic carbocycles. The van der Waals surface area contributed by atoms with E-state index in [2.05, 4.69) is 5.32 Å². The monoisotopic (exact) mass is 294 g/mol. The highest BCUT2D eigenvalue weighted by atomic mass is 32.2. The van der Waals surface area contributed by atoms with Crippen molar-refractivity contribution in [2.24, 2.45) is 0 Å². The van der Waals surface area contributed by atoms with Crippen LogP contribution in [0.15, 0.2) is 24.3 Å². The molecule has 1 aromatic carbocycles.